The number of benzene rings is 1. The maximum Gasteiger partial charge on any atom is 0.245 e. The van der Waals surface area contributed by atoms with Gasteiger partial charge in [-0.1, -0.05) is 24.3 Å². The van der Waals surface area contributed by atoms with E-state index in [0.717, 1.165) is 12.8 Å². The predicted octanol–water partition coefficient (Wildman–Crippen LogP) is 1.77. The lowest BCUT2D eigenvalue weighted by molar-refractivity contribution is -0.135. The third-order valence-electron chi connectivity index (χ3n) is 4.86. The number of nitrogens with one attached hydrogen (secondary N) is 1. The Balaban J connectivity index is 1.49. The van der Waals surface area contributed by atoms with Gasteiger partial charge in [0.05, 0.1) is 5.52 Å². The Labute approximate surface area is 181 Å². The topological polar surface area (TPSA) is 126 Å². The van der Waals surface area contributed by atoms with Gasteiger partial charge in [-0.2, -0.15) is 5.10 Å². The number of anilines is 1. The summed E-state index contributed by atoms with van der Waals surface area (Å²) in [6.45, 7) is -0.116. The number of pyridine rings is 1. The number of carbonyl (C=O) groups is 2. The van der Waals surface area contributed by atoms with Crippen LogP contribution in [0.4, 0.5) is 5.82 Å². The summed E-state index contributed by atoms with van der Waals surface area (Å²) in [5.74, 6) is -0.123. The summed E-state index contributed by atoms with van der Waals surface area (Å²) in [4.78, 5) is 31.3. The maximum absolute atomic E-state index is 13.0. The van der Waals surface area contributed by atoms with Crippen LogP contribution in [0.25, 0.3) is 10.9 Å². The van der Waals surface area contributed by atoms with Crippen molar-refractivity contribution in [2.45, 2.75) is 31.7 Å². The van der Waals surface area contributed by atoms with Crippen molar-refractivity contribution in [1.29, 1.82) is 0 Å². The van der Waals surface area contributed by atoms with Gasteiger partial charge in [0.15, 0.2) is 0 Å². The lowest BCUT2D eigenvalue weighted by Crippen LogP contribution is -2.41. The largest absolute Gasteiger partial charge is 0.373 e. The van der Waals surface area contributed by atoms with Crippen LogP contribution in [-0.2, 0) is 16.1 Å². The summed E-state index contributed by atoms with van der Waals surface area (Å²) in [5, 5.41) is 17.5. The number of aliphatic hydroxyl groups is 1. The molecule has 1 aliphatic rings. The van der Waals surface area contributed by atoms with Crippen molar-refractivity contribution < 1.29 is 14.7 Å². The summed E-state index contributed by atoms with van der Waals surface area (Å²) in [6, 6.07) is 12.5. The molecule has 4 N–H and O–H groups in total. The Morgan fingerprint density at radius 2 is 2.03 bits per heavy atom. The summed E-state index contributed by atoms with van der Waals surface area (Å²) in [7, 11) is 0. The molecule has 1 aliphatic carbocycles. The van der Waals surface area contributed by atoms with Gasteiger partial charge in [-0.15, -0.1) is 0 Å². The van der Waals surface area contributed by atoms with E-state index in [1.165, 1.54) is 4.68 Å². The van der Waals surface area contributed by atoms with Gasteiger partial charge in [0, 0.05) is 11.4 Å². The predicted molar refractivity (Wildman–Crippen MR) is 114 cm³/mol. The van der Waals surface area contributed by atoms with Crippen LogP contribution in [0.2, 0.25) is 0 Å². The van der Waals surface area contributed by atoms with Crippen molar-refractivity contribution in [2.24, 2.45) is 5.73 Å². The third kappa shape index (κ3) is 4.50. The molecule has 156 valence electrons. The number of aromatic nitrogens is 3. The minimum Gasteiger partial charge on any atom is -0.373 e. The van der Waals surface area contributed by atoms with Gasteiger partial charge in [0.25, 0.3) is 0 Å². The molecule has 0 aliphatic heterocycles. The Morgan fingerprint density at radius 1 is 1.27 bits per heavy atom. The van der Waals surface area contributed by atoms with Crippen molar-refractivity contribution in [2.75, 3.05) is 11.9 Å². The van der Waals surface area contributed by atoms with E-state index in [1.54, 1.807) is 29.2 Å². The van der Waals surface area contributed by atoms with Gasteiger partial charge < -0.3 is 21.1 Å². The molecule has 1 unspecified atom stereocenters. The molecule has 1 saturated carbocycles. The molecule has 9 nitrogen and oxygen atoms in total. The number of carbonyl (C=O) groups excluding carboxylic acids is 2. The number of hydrogen-bond acceptors (Lipinski definition) is 6. The van der Waals surface area contributed by atoms with Crippen LogP contribution >= 0.6 is 15.9 Å². The second-order valence-electron chi connectivity index (χ2n) is 7.15. The van der Waals surface area contributed by atoms with Gasteiger partial charge in [-0.3, -0.25) is 14.3 Å². The first-order chi connectivity index (χ1) is 14.4. The first-order valence-corrected chi connectivity index (χ1v) is 10.3. The van der Waals surface area contributed by atoms with E-state index in [9.17, 15) is 14.7 Å². The highest BCUT2D eigenvalue weighted by Gasteiger charge is 2.34. The minimum absolute atomic E-state index is 0.0418. The number of nitrogens with two attached hydrogens (primary N) is 1. The molecule has 10 heteroatoms. The molecule has 2 amide bonds. The minimum atomic E-state index is -1.24. The summed E-state index contributed by atoms with van der Waals surface area (Å²) >= 11 is 3.26. The summed E-state index contributed by atoms with van der Waals surface area (Å²) in [5.41, 5.74) is 6.63. The number of para-hydroxylation sites is 1. The average Bonchev–Trinajstić information content (AvgIpc) is 3.48. The molecule has 30 heavy (non-hydrogen) atoms. The van der Waals surface area contributed by atoms with E-state index in [2.05, 4.69) is 31.3 Å². The average molecular weight is 473 g/mol. The van der Waals surface area contributed by atoms with E-state index in [4.69, 9.17) is 5.73 Å². The van der Waals surface area contributed by atoms with Crippen molar-refractivity contribution >= 4 is 44.5 Å². The number of halogens is 1. The standard InChI is InChI=1S/C20H21BrN6O3/c21-15-6-3-7-16(23-15)24-17(28)10-26(12-8-9-12)18(29)11-27-14-5-2-1-4-13(14)19(25-27)20(22)30/h1-7,12,20,30H,8-11,22H2,(H,23,24,28). The van der Waals surface area contributed by atoms with Crippen LogP contribution in [0, 0.1) is 0 Å². The van der Waals surface area contributed by atoms with Crippen molar-refractivity contribution in [3.63, 3.8) is 0 Å². The number of amides is 2. The Morgan fingerprint density at radius 3 is 2.73 bits per heavy atom. The van der Waals surface area contributed by atoms with E-state index in [-0.39, 0.29) is 30.9 Å². The van der Waals surface area contributed by atoms with Gasteiger partial charge in [0.1, 0.15) is 35.4 Å². The second-order valence-corrected chi connectivity index (χ2v) is 7.96. The Hall–Kier alpha value is -2.82. The fourth-order valence-electron chi connectivity index (χ4n) is 3.33. The van der Waals surface area contributed by atoms with Crippen LogP contribution in [0.3, 0.4) is 0 Å². The quantitative estimate of drug-likeness (QED) is 0.355. The van der Waals surface area contributed by atoms with E-state index >= 15 is 0 Å². The molecule has 2 aromatic heterocycles. The highest BCUT2D eigenvalue weighted by atomic mass is 79.9. The first-order valence-electron chi connectivity index (χ1n) is 9.53. The molecular formula is C20H21BrN6O3. The molecule has 4 rings (SSSR count). The van der Waals surface area contributed by atoms with Crippen LogP contribution < -0.4 is 11.1 Å². The monoisotopic (exact) mass is 472 g/mol. The van der Waals surface area contributed by atoms with Crippen LogP contribution in [-0.4, -0.2) is 49.2 Å². The normalized spacial score (nSPS) is 14.5. The molecule has 3 aromatic rings. The van der Waals surface area contributed by atoms with Crippen LogP contribution in [0.5, 0.6) is 0 Å². The number of nitrogens with zero attached hydrogens (tertiary/aromatic N) is 4. The fourth-order valence-corrected chi connectivity index (χ4v) is 3.68. The zero-order valence-corrected chi connectivity index (χ0v) is 17.6. The highest BCUT2D eigenvalue weighted by Crippen LogP contribution is 2.28. The van der Waals surface area contributed by atoms with Gasteiger partial charge in [0.2, 0.25) is 11.8 Å². The Bertz CT molecular complexity index is 1100. The Kier molecular flexibility index (Phi) is 5.80. The molecule has 1 aromatic carbocycles. The molecule has 0 spiro atoms. The summed E-state index contributed by atoms with van der Waals surface area (Å²) in [6.07, 6.45) is 0.482. The number of aliphatic hydroxyl groups excluding tert-OH is 1. The zero-order valence-electron chi connectivity index (χ0n) is 16.0. The van der Waals surface area contributed by atoms with Crippen molar-refractivity contribution in [3.8, 4) is 0 Å². The molecule has 2 heterocycles. The zero-order chi connectivity index (χ0) is 21.3. The van der Waals surface area contributed by atoms with Crippen molar-refractivity contribution in [1.82, 2.24) is 19.7 Å². The summed E-state index contributed by atoms with van der Waals surface area (Å²) < 4.78 is 2.13. The number of hydrogen-bond donors (Lipinski definition) is 3. The molecule has 0 bridgehead atoms. The van der Waals surface area contributed by atoms with E-state index in [1.807, 2.05) is 18.2 Å². The lowest BCUT2D eigenvalue weighted by atomic mass is 10.2. The maximum atomic E-state index is 13.0. The smallest absolute Gasteiger partial charge is 0.245 e. The van der Waals surface area contributed by atoms with E-state index in [0.29, 0.717) is 27.0 Å². The van der Waals surface area contributed by atoms with E-state index < -0.39 is 6.23 Å². The SMILES string of the molecule is NC(O)c1nn(CC(=O)N(CC(=O)Nc2cccc(Br)n2)C2CC2)c2ccccc12. The van der Waals surface area contributed by atoms with Gasteiger partial charge in [-0.05, 0) is 47.0 Å². The lowest BCUT2D eigenvalue weighted by Gasteiger charge is -2.22. The van der Waals surface area contributed by atoms with Crippen LogP contribution in [0.15, 0.2) is 47.1 Å². The molecule has 0 saturated heterocycles. The third-order valence-corrected chi connectivity index (χ3v) is 5.30. The number of rotatable bonds is 7. The van der Waals surface area contributed by atoms with Crippen molar-refractivity contribution in [3.05, 3.63) is 52.8 Å². The fraction of sp³-hybridized carbons (Fsp3) is 0.300. The van der Waals surface area contributed by atoms with Crippen LogP contribution in [0.1, 0.15) is 24.8 Å². The molecule has 1 fully saturated rings. The highest BCUT2D eigenvalue weighted by molar-refractivity contribution is 9.10. The second kappa shape index (κ2) is 8.50. The molecule has 1 atom stereocenters. The van der Waals surface area contributed by atoms with Gasteiger partial charge in [-0.25, -0.2) is 4.98 Å². The van der Waals surface area contributed by atoms with Gasteiger partial charge >= 0.3 is 0 Å². The molecule has 0 radical (unpaired) electrons. The first kappa shape index (κ1) is 20.5. The number of fused-ring (bicyclic) bond motifs is 1. The molecular weight excluding hydrogens is 452 g/mol.